The third-order valence-corrected chi connectivity index (χ3v) is 17.5. The summed E-state index contributed by atoms with van der Waals surface area (Å²) in [7, 11) is 1.19. The van der Waals surface area contributed by atoms with Crippen LogP contribution in [-0.2, 0) is 32.7 Å². The van der Waals surface area contributed by atoms with E-state index in [4.69, 9.17) is 18.5 Å². The standard InChI is InChI=1S/C71H140NO8P/c1-6-8-10-12-14-16-18-20-22-24-26-28-30-32-34-36-38-40-42-44-46-48-50-52-54-56-58-60-62-64-71(74)80-69(68-79-81(75,76)78-66-65-72(3,4)5)67-77-70(73)63-61-59-57-55-53-51-49-47-45-43-41-39-37-35-33-31-29-27-25-23-21-19-17-15-13-11-9-7-2/h24,26,69H,6-23,25,27-68H2,1-5H3/b26-24-. The van der Waals surface area contributed by atoms with Crippen LogP contribution in [0.4, 0.5) is 0 Å². The topological polar surface area (TPSA) is 111 Å². The Kier molecular flexibility index (Phi) is 62.3. The van der Waals surface area contributed by atoms with E-state index < -0.39 is 26.5 Å². The fraction of sp³-hybridized carbons (Fsp3) is 0.944. The number of carbonyl (C=O) groups is 2. The van der Waals surface area contributed by atoms with Crippen molar-refractivity contribution in [1.29, 1.82) is 0 Å². The lowest BCUT2D eigenvalue weighted by atomic mass is 10.0. The molecule has 482 valence electrons. The van der Waals surface area contributed by atoms with E-state index in [1.807, 2.05) is 21.1 Å². The average molecular weight is 1170 g/mol. The molecular formula is C71H140NO8P. The van der Waals surface area contributed by atoms with Crippen LogP contribution in [0.2, 0.25) is 0 Å². The van der Waals surface area contributed by atoms with Gasteiger partial charge in [-0.25, -0.2) is 0 Å². The van der Waals surface area contributed by atoms with Crippen LogP contribution in [0.25, 0.3) is 0 Å². The first-order chi connectivity index (χ1) is 39.5. The van der Waals surface area contributed by atoms with Gasteiger partial charge < -0.3 is 27.9 Å². The number of nitrogens with zero attached hydrogens (tertiary/aromatic N) is 1. The Balaban J connectivity index is 3.97. The smallest absolute Gasteiger partial charge is 0.306 e. The minimum atomic E-state index is -4.64. The van der Waals surface area contributed by atoms with Crippen molar-refractivity contribution in [2.75, 3.05) is 47.5 Å². The SMILES string of the molecule is CCCCCCCCCC/C=C\CCCCCCCCCCCCCCCCCCCC(=O)OC(COC(=O)CCCCCCCCCCCCCCCCCCCCCCCCCCCCCC)COP(=O)([O-])OCC[N+](C)(C)C. The summed E-state index contributed by atoms with van der Waals surface area (Å²) in [5.74, 6) is -0.806. The lowest BCUT2D eigenvalue weighted by Crippen LogP contribution is -2.37. The number of phosphoric acid groups is 1. The summed E-state index contributed by atoms with van der Waals surface area (Å²) in [5.41, 5.74) is 0. The Morgan fingerprint density at radius 1 is 0.370 bits per heavy atom. The van der Waals surface area contributed by atoms with Crippen molar-refractivity contribution in [3.8, 4) is 0 Å². The zero-order valence-electron chi connectivity index (χ0n) is 55.0. The molecule has 0 aliphatic rings. The van der Waals surface area contributed by atoms with Crippen molar-refractivity contribution in [2.45, 2.75) is 386 Å². The van der Waals surface area contributed by atoms with Gasteiger partial charge in [0.25, 0.3) is 7.82 Å². The zero-order valence-corrected chi connectivity index (χ0v) is 55.9. The van der Waals surface area contributed by atoms with E-state index in [1.54, 1.807) is 0 Å². The summed E-state index contributed by atoms with van der Waals surface area (Å²) in [6, 6.07) is 0. The molecule has 0 saturated heterocycles. The number of phosphoric ester groups is 1. The molecule has 0 rings (SSSR count). The molecule has 0 aromatic heterocycles. The molecule has 0 aromatic carbocycles. The van der Waals surface area contributed by atoms with E-state index in [1.165, 1.54) is 315 Å². The number of carbonyl (C=O) groups excluding carboxylic acids is 2. The van der Waals surface area contributed by atoms with Gasteiger partial charge in [0.1, 0.15) is 19.8 Å². The predicted octanol–water partition coefficient (Wildman–Crippen LogP) is 22.5. The molecule has 0 N–H and O–H groups in total. The maximum absolute atomic E-state index is 12.9. The van der Waals surface area contributed by atoms with Crippen LogP contribution >= 0.6 is 7.82 Å². The molecule has 0 saturated carbocycles. The monoisotopic (exact) mass is 1170 g/mol. The summed E-state index contributed by atoms with van der Waals surface area (Å²) in [5, 5.41) is 0. The number of allylic oxidation sites excluding steroid dienone is 2. The molecular weight excluding hydrogens is 1030 g/mol. The van der Waals surface area contributed by atoms with Crippen molar-refractivity contribution in [3.05, 3.63) is 12.2 Å². The number of esters is 2. The first-order valence-corrected chi connectivity index (χ1v) is 37.4. The maximum Gasteiger partial charge on any atom is 0.306 e. The quantitative estimate of drug-likeness (QED) is 0.0195. The predicted molar refractivity (Wildman–Crippen MR) is 347 cm³/mol. The summed E-state index contributed by atoms with van der Waals surface area (Å²) in [6.07, 6.45) is 77.3. The molecule has 0 spiro atoms. The first-order valence-electron chi connectivity index (χ1n) is 35.9. The Hall–Kier alpha value is -1.25. The molecule has 0 amide bonds. The van der Waals surface area contributed by atoms with Crippen LogP contribution in [-0.4, -0.2) is 70.0 Å². The number of quaternary nitrogens is 1. The molecule has 0 radical (unpaired) electrons. The highest BCUT2D eigenvalue weighted by atomic mass is 31.2. The maximum atomic E-state index is 12.9. The van der Waals surface area contributed by atoms with Crippen LogP contribution in [0, 0.1) is 0 Å². The van der Waals surface area contributed by atoms with Crippen LogP contribution in [0.3, 0.4) is 0 Å². The van der Waals surface area contributed by atoms with Crippen molar-refractivity contribution < 1.29 is 42.1 Å². The van der Waals surface area contributed by atoms with Crippen LogP contribution in [0.5, 0.6) is 0 Å². The van der Waals surface area contributed by atoms with Crippen LogP contribution in [0.1, 0.15) is 380 Å². The van der Waals surface area contributed by atoms with Gasteiger partial charge in [-0.15, -0.1) is 0 Å². The number of unbranched alkanes of at least 4 members (excludes halogenated alkanes) is 52. The molecule has 2 atom stereocenters. The number of hydrogen-bond donors (Lipinski definition) is 0. The third-order valence-electron chi connectivity index (χ3n) is 16.5. The van der Waals surface area contributed by atoms with E-state index in [0.29, 0.717) is 17.4 Å². The van der Waals surface area contributed by atoms with E-state index in [0.717, 1.165) is 32.1 Å². The lowest BCUT2D eigenvalue weighted by Gasteiger charge is -2.28. The molecule has 0 aromatic rings. The normalized spacial score (nSPS) is 13.1. The molecule has 0 fully saturated rings. The minimum absolute atomic E-state index is 0.0260. The van der Waals surface area contributed by atoms with Gasteiger partial charge in [0.15, 0.2) is 6.10 Å². The minimum Gasteiger partial charge on any atom is -0.756 e. The number of ether oxygens (including phenoxy) is 2. The Morgan fingerprint density at radius 2 is 0.630 bits per heavy atom. The van der Waals surface area contributed by atoms with Gasteiger partial charge in [0.2, 0.25) is 0 Å². The fourth-order valence-corrected chi connectivity index (χ4v) is 11.7. The molecule has 0 aliphatic heterocycles. The Morgan fingerprint density at radius 3 is 0.914 bits per heavy atom. The Bertz CT molecular complexity index is 1370. The molecule has 0 aliphatic carbocycles. The van der Waals surface area contributed by atoms with Gasteiger partial charge >= 0.3 is 11.9 Å². The molecule has 9 nitrogen and oxygen atoms in total. The summed E-state index contributed by atoms with van der Waals surface area (Å²) in [4.78, 5) is 38.1. The summed E-state index contributed by atoms with van der Waals surface area (Å²) < 4.78 is 34.4. The van der Waals surface area contributed by atoms with E-state index in [9.17, 15) is 19.0 Å². The second-order valence-electron chi connectivity index (χ2n) is 26.0. The number of likely N-dealkylation sites (N-methyl/N-ethyl adjacent to an activating group) is 1. The number of rotatable bonds is 68. The van der Waals surface area contributed by atoms with Gasteiger partial charge in [-0.05, 0) is 38.5 Å². The molecule has 81 heavy (non-hydrogen) atoms. The van der Waals surface area contributed by atoms with Gasteiger partial charge in [0, 0.05) is 12.8 Å². The highest BCUT2D eigenvalue weighted by molar-refractivity contribution is 7.45. The van der Waals surface area contributed by atoms with Crippen molar-refractivity contribution in [2.24, 2.45) is 0 Å². The van der Waals surface area contributed by atoms with E-state index in [-0.39, 0.29) is 32.0 Å². The first kappa shape index (κ1) is 79.8. The van der Waals surface area contributed by atoms with E-state index >= 15 is 0 Å². The average Bonchev–Trinajstić information content (AvgIpc) is 3.43. The van der Waals surface area contributed by atoms with Crippen LogP contribution in [0.15, 0.2) is 12.2 Å². The van der Waals surface area contributed by atoms with Crippen molar-refractivity contribution >= 4 is 19.8 Å². The highest BCUT2D eigenvalue weighted by Gasteiger charge is 2.22. The van der Waals surface area contributed by atoms with Gasteiger partial charge in [-0.3, -0.25) is 14.2 Å². The fourth-order valence-electron chi connectivity index (χ4n) is 11.0. The highest BCUT2D eigenvalue weighted by Crippen LogP contribution is 2.38. The molecule has 10 heteroatoms. The van der Waals surface area contributed by atoms with Crippen molar-refractivity contribution in [3.63, 3.8) is 0 Å². The van der Waals surface area contributed by atoms with Gasteiger partial charge in [-0.1, -0.05) is 341 Å². The lowest BCUT2D eigenvalue weighted by molar-refractivity contribution is -0.870. The molecule has 0 bridgehead atoms. The summed E-state index contributed by atoms with van der Waals surface area (Å²) >= 11 is 0. The van der Waals surface area contributed by atoms with Gasteiger partial charge in [-0.2, -0.15) is 0 Å². The second kappa shape index (κ2) is 63.3. The van der Waals surface area contributed by atoms with Gasteiger partial charge in [0.05, 0.1) is 27.7 Å². The Labute approximate surface area is 505 Å². The largest absolute Gasteiger partial charge is 0.756 e. The third kappa shape index (κ3) is 67.7. The van der Waals surface area contributed by atoms with E-state index in [2.05, 4.69) is 26.0 Å². The molecule has 2 unspecified atom stereocenters. The zero-order chi connectivity index (χ0) is 59.1. The number of hydrogen-bond acceptors (Lipinski definition) is 8. The van der Waals surface area contributed by atoms with Crippen LogP contribution < -0.4 is 4.89 Å². The second-order valence-corrected chi connectivity index (χ2v) is 27.4. The molecule has 0 heterocycles. The summed E-state index contributed by atoms with van der Waals surface area (Å²) in [6.45, 7) is 4.33. The van der Waals surface area contributed by atoms with Crippen molar-refractivity contribution in [1.82, 2.24) is 0 Å².